The lowest BCUT2D eigenvalue weighted by Crippen LogP contribution is -2.34. The molecule has 0 amide bonds. The third-order valence-corrected chi connectivity index (χ3v) is 9.65. The second kappa shape index (κ2) is 20.0. The third-order valence-electron chi connectivity index (χ3n) is 9.65. The van der Waals surface area contributed by atoms with E-state index in [1.54, 1.807) is 0 Å². The highest BCUT2D eigenvalue weighted by atomic mass is 16.7. The zero-order valence-corrected chi connectivity index (χ0v) is 30.9. The zero-order valence-electron chi connectivity index (χ0n) is 30.9. The van der Waals surface area contributed by atoms with Gasteiger partial charge in [-0.1, -0.05) is 48.6 Å². The predicted molar refractivity (Wildman–Crippen MR) is 213 cm³/mol. The smallest absolute Gasteiger partial charge is 0.157 e. The zero-order chi connectivity index (χ0) is 35.8. The molecule has 2 aliphatic rings. The molecule has 2 aliphatic heterocycles. The van der Waals surface area contributed by atoms with Crippen molar-refractivity contribution in [2.75, 3.05) is 62.4 Å². The van der Waals surface area contributed by atoms with Crippen molar-refractivity contribution >= 4 is 35.7 Å². The number of nitrogens with zero attached hydrogens (tertiary/aromatic N) is 4. The Labute approximate surface area is 310 Å². The lowest BCUT2D eigenvalue weighted by Gasteiger charge is -2.29. The van der Waals surface area contributed by atoms with Gasteiger partial charge in [0.25, 0.3) is 0 Å². The number of benzene rings is 2. The number of hydrogen-bond acceptors (Lipinski definition) is 8. The van der Waals surface area contributed by atoms with Crippen LogP contribution in [0.25, 0.3) is 35.7 Å². The molecule has 2 atom stereocenters. The van der Waals surface area contributed by atoms with E-state index in [-0.39, 0.29) is 12.6 Å². The minimum atomic E-state index is -0.0911. The average molecular weight is 703 g/mol. The highest BCUT2D eigenvalue weighted by molar-refractivity contribution is 5.74. The van der Waals surface area contributed by atoms with Gasteiger partial charge >= 0.3 is 0 Å². The van der Waals surface area contributed by atoms with Gasteiger partial charge in [0, 0.05) is 63.2 Å². The molecular formula is C44H54N4O4. The van der Waals surface area contributed by atoms with Gasteiger partial charge in [-0.3, -0.25) is 9.97 Å². The molecule has 2 fully saturated rings. The van der Waals surface area contributed by atoms with E-state index in [1.807, 2.05) is 24.5 Å². The number of aromatic nitrogens is 2. The van der Waals surface area contributed by atoms with Crippen LogP contribution in [0.2, 0.25) is 0 Å². The van der Waals surface area contributed by atoms with E-state index in [0.717, 1.165) is 117 Å². The van der Waals surface area contributed by atoms with Crippen molar-refractivity contribution in [3.05, 3.63) is 107 Å². The fourth-order valence-corrected chi connectivity index (χ4v) is 6.59. The molecule has 0 aliphatic carbocycles. The molecule has 0 radical (unpaired) electrons. The second-order valence-corrected chi connectivity index (χ2v) is 13.3. The van der Waals surface area contributed by atoms with E-state index in [1.165, 1.54) is 5.69 Å². The third kappa shape index (κ3) is 11.3. The van der Waals surface area contributed by atoms with Crippen LogP contribution in [0.15, 0.2) is 85.2 Å². The van der Waals surface area contributed by atoms with Crippen molar-refractivity contribution in [1.82, 2.24) is 9.97 Å². The summed E-state index contributed by atoms with van der Waals surface area (Å²) in [4.78, 5) is 13.9. The maximum absolute atomic E-state index is 6.08. The molecule has 4 heterocycles. The van der Waals surface area contributed by atoms with Gasteiger partial charge in [-0.15, -0.1) is 0 Å². The van der Waals surface area contributed by atoms with Crippen molar-refractivity contribution in [2.45, 2.75) is 65.0 Å². The van der Waals surface area contributed by atoms with Crippen LogP contribution >= 0.6 is 0 Å². The lowest BCUT2D eigenvalue weighted by molar-refractivity contribution is -0.162. The molecule has 0 bridgehead atoms. The monoisotopic (exact) mass is 702 g/mol. The molecule has 2 aromatic heterocycles. The molecule has 0 spiro atoms. The van der Waals surface area contributed by atoms with Crippen LogP contribution in [0.3, 0.4) is 0 Å². The second-order valence-electron chi connectivity index (χ2n) is 13.3. The van der Waals surface area contributed by atoms with Gasteiger partial charge in [-0.25, -0.2) is 0 Å². The largest absolute Gasteiger partial charge is 0.372 e. The summed E-state index contributed by atoms with van der Waals surface area (Å²) in [5.74, 6) is 0. The molecule has 2 unspecified atom stereocenters. The molecule has 274 valence electrons. The van der Waals surface area contributed by atoms with E-state index in [0.29, 0.717) is 13.2 Å². The average Bonchev–Trinajstić information content (AvgIpc) is 3.21. The Morgan fingerprint density at radius 3 is 1.44 bits per heavy atom. The number of rotatable bonds is 17. The van der Waals surface area contributed by atoms with Crippen molar-refractivity contribution in [1.29, 1.82) is 0 Å². The molecule has 0 saturated carbocycles. The minimum Gasteiger partial charge on any atom is -0.372 e. The predicted octanol–water partition coefficient (Wildman–Crippen LogP) is 9.22. The van der Waals surface area contributed by atoms with E-state index in [4.69, 9.17) is 18.9 Å². The fraction of sp³-hybridized carbons (Fsp3) is 0.409. The summed E-state index contributed by atoms with van der Waals surface area (Å²) in [7, 11) is 0. The SMILES string of the molecule is CCN(CC)c1ccc(/C=C/c2ccnc(-c3cc(/C=C/c4ccc(N(CCOC5CCCCO5)CCOC5CCCCO5)cc4)ccn3)c2)cc1. The number of anilines is 2. The Bertz CT molecular complexity index is 1670. The van der Waals surface area contributed by atoms with Crippen LogP contribution in [0.4, 0.5) is 11.4 Å². The number of hydrogen-bond donors (Lipinski definition) is 0. The molecule has 4 aromatic rings. The summed E-state index contributed by atoms with van der Waals surface area (Å²) in [6, 6.07) is 25.6. The summed E-state index contributed by atoms with van der Waals surface area (Å²) in [6.45, 7) is 10.7. The van der Waals surface area contributed by atoms with Crippen LogP contribution in [0, 0.1) is 0 Å². The summed E-state index contributed by atoms with van der Waals surface area (Å²) < 4.78 is 23.7. The Morgan fingerprint density at radius 2 is 1.02 bits per heavy atom. The summed E-state index contributed by atoms with van der Waals surface area (Å²) in [5, 5.41) is 0. The Kier molecular flexibility index (Phi) is 14.4. The Balaban J connectivity index is 1.07. The molecule has 8 nitrogen and oxygen atoms in total. The topological polar surface area (TPSA) is 69.2 Å². The first-order valence-corrected chi connectivity index (χ1v) is 19.1. The van der Waals surface area contributed by atoms with Crippen LogP contribution in [0.5, 0.6) is 0 Å². The van der Waals surface area contributed by atoms with Gasteiger partial charge in [-0.2, -0.15) is 0 Å². The van der Waals surface area contributed by atoms with E-state index >= 15 is 0 Å². The van der Waals surface area contributed by atoms with Gasteiger partial charge in [0.15, 0.2) is 12.6 Å². The van der Waals surface area contributed by atoms with Crippen LogP contribution < -0.4 is 9.80 Å². The van der Waals surface area contributed by atoms with E-state index in [2.05, 4.69) is 119 Å². The molecule has 52 heavy (non-hydrogen) atoms. The summed E-state index contributed by atoms with van der Waals surface area (Å²) in [6.07, 6.45) is 18.5. The lowest BCUT2D eigenvalue weighted by atomic mass is 10.1. The van der Waals surface area contributed by atoms with Gasteiger partial charge in [0.2, 0.25) is 0 Å². The molecule has 6 rings (SSSR count). The van der Waals surface area contributed by atoms with Crippen LogP contribution in [-0.4, -0.2) is 75.2 Å². The highest BCUT2D eigenvalue weighted by Gasteiger charge is 2.17. The maximum Gasteiger partial charge on any atom is 0.157 e. The van der Waals surface area contributed by atoms with Crippen molar-refractivity contribution in [3.63, 3.8) is 0 Å². The maximum atomic E-state index is 6.08. The van der Waals surface area contributed by atoms with Crippen molar-refractivity contribution in [2.24, 2.45) is 0 Å². The van der Waals surface area contributed by atoms with E-state index < -0.39 is 0 Å². The molecule has 8 heteroatoms. The number of pyridine rings is 2. The highest BCUT2D eigenvalue weighted by Crippen LogP contribution is 2.23. The van der Waals surface area contributed by atoms with Crippen LogP contribution in [-0.2, 0) is 18.9 Å². The standard InChI is InChI=1S/C44H54N4O4/c1-3-47(4-2)39-19-15-35(16-20-39)11-13-37-23-25-45-41(33-37)42-34-38(24-26-46-42)14-12-36-17-21-40(22-18-36)48(27-31-51-43-9-5-7-29-49-43)28-32-52-44-10-6-8-30-50-44/h11-26,33-34,43-44H,3-10,27-32H2,1-2H3/b13-11+,14-12+. The fourth-order valence-electron chi connectivity index (χ4n) is 6.59. The van der Waals surface area contributed by atoms with Gasteiger partial charge in [0.05, 0.1) is 24.6 Å². The first-order chi connectivity index (χ1) is 25.7. The summed E-state index contributed by atoms with van der Waals surface area (Å²) >= 11 is 0. The molecule has 2 aromatic carbocycles. The quantitative estimate of drug-likeness (QED) is 0.108. The molecular weight excluding hydrogens is 649 g/mol. The first-order valence-electron chi connectivity index (χ1n) is 19.1. The van der Waals surface area contributed by atoms with Gasteiger partial charge in [-0.05, 0) is 123 Å². The van der Waals surface area contributed by atoms with Gasteiger partial charge < -0.3 is 28.7 Å². The molecule has 2 saturated heterocycles. The Morgan fingerprint density at radius 1 is 0.577 bits per heavy atom. The Hall–Kier alpha value is -4.34. The van der Waals surface area contributed by atoms with Crippen LogP contribution in [0.1, 0.15) is 74.6 Å². The van der Waals surface area contributed by atoms with Crippen molar-refractivity contribution in [3.8, 4) is 11.4 Å². The first kappa shape index (κ1) is 37.4. The van der Waals surface area contributed by atoms with E-state index in [9.17, 15) is 0 Å². The van der Waals surface area contributed by atoms with Crippen molar-refractivity contribution < 1.29 is 18.9 Å². The van der Waals surface area contributed by atoms with Gasteiger partial charge in [0.1, 0.15) is 0 Å². The normalized spacial score (nSPS) is 17.9. The number of ether oxygens (including phenoxy) is 4. The summed E-state index contributed by atoms with van der Waals surface area (Å²) in [5.41, 5.74) is 8.51. The minimum absolute atomic E-state index is 0.0911. The molecule has 0 N–H and O–H groups in total.